The summed E-state index contributed by atoms with van der Waals surface area (Å²) in [6.07, 6.45) is 8.65. The minimum Gasteiger partial charge on any atom is -0.441 e. The quantitative estimate of drug-likeness (QED) is 0.600. The van der Waals surface area contributed by atoms with Crippen molar-refractivity contribution in [2.45, 2.75) is 33.1 Å². The third kappa shape index (κ3) is 4.43. The van der Waals surface area contributed by atoms with Crippen molar-refractivity contribution >= 4 is 23.2 Å². The fourth-order valence-electron chi connectivity index (χ4n) is 3.86. The molecule has 0 bridgehead atoms. The van der Waals surface area contributed by atoms with Crippen LogP contribution in [-0.2, 0) is 6.42 Å². The van der Waals surface area contributed by atoms with Gasteiger partial charge in [-0.3, -0.25) is 9.98 Å². The van der Waals surface area contributed by atoms with Crippen LogP contribution in [0.1, 0.15) is 36.9 Å². The Morgan fingerprint density at radius 1 is 1.03 bits per heavy atom. The number of oxazole rings is 1. The fraction of sp³-hybridized carbons (Fsp3) is 0.240. The molecule has 3 heterocycles. The Kier molecular flexibility index (Phi) is 5.12. The first-order chi connectivity index (χ1) is 15.1. The first-order valence-corrected chi connectivity index (χ1v) is 10.6. The molecule has 0 saturated carbocycles. The van der Waals surface area contributed by atoms with Crippen LogP contribution in [0.2, 0.25) is 0 Å². The van der Waals surface area contributed by atoms with E-state index in [1.54, 1.807) is 0 Å². The number of benzene rings is 1. The van der Waals surface area contributed by atoms with Crippen molar-refractivity contribution in [2.24, 2.45) is 4.99 Å². The van der Waals surface area contributed by atoms with Gasteiger partial charge in [0.15, 0.2) is 0 Å². The molecule has 0 saturated heterocycles. The molecule has 1 aromatic carbocycles. The Hall–Kier alpha value is -3.67. The number of nitrogens with one attached hydrogen (secondary N) is 2. The van der Waals surface area contributed by atoms with E-state index in [-0.39, 0.29) is 0 Å². The lowest BCUT2D eigenvalue weighted by Gasteiger charge is -2.14. The smallest absolute Gasteiger partial charge is 0.226 e. The standard InChI is InChI=1S/C25H25N5O/c1-16-13-21(9-11-26-16)28-19-5-3-18(4-6-19)25-30-23-15-20(7-8-24(23)31-25)29-22-10-12-27-17(2)14-22/h3-6,10,12-15,26H,7-9,11H2,1-2H3,(H,27,29). The maximum absolute atomic E-state index is 6.07. The lowest BCUT2D eigenvalue weighted by molar-refractivity contribution is 0.514. The van der Waals surface area contributed by atoms with Gasteiger partial charge < -0.3 is 15.1 Å². The SMILES string of the molecule is CC1=CC(=Nc2ccc(-c3nc4c(o3)CCC(Nc3ccnc(C)c3)=C4)cc2)CCN1. The summed E-state index contributed by atoms with van der Waals surface area (Å²) in [6, 6.07) is 12.1. The molecule has 3 aromatic rings. The topological polar surface area (TPSA) is 75.3 Å². The molecule has 0 unspecified atom stereocenters. The molecule has 5 rings (SSSR count). The maximum Gasteiger partial charge on any atom is 0.226 e. The van der Waals surface area contributed by atoms with Crippen molar-refractivity contribution in [3.8, 4) is 11.5 Å². The molecule has 2 N–H and O–H groups in total. The monoisotopic (exact) mass is 411 g/mol. The molecule has 156 valence electrons. The number of pyridine rings is 1. The number of nitrogens with zero attached hydrogens (tertiary/aromatic N) is 3. The Morgan fingerprint density at radius 2 is 1.90 bits per heavy atom. The summed E-state index contributed by atoms with van der Waals surface area (Å²) in [5.41, 5.74) is 8.23. The van der Waals surface area contributed by atoms with Gasteiger partial charge in [-0.25, -0.2) is 4.98 Å². The van der Waals surface area contributed by atoms with Crippen LogP contribution in [0.25, 0.3) is 17.5 Å². The van der Waals surface area contributed by atoms with E-state index in [0.29, 0.717) is 5.89 Å². The molecule has 0 radical (unpaired) electrons. The van der Waals surface area contributed by atoms with Gasteiger partial charge in [-0.2, -0.15) is 0 Å². The van der Waals surface area contributed by atoms with Crippen molar-refractivity contribution < 1.29 is 4.42 Å². The number of allylic oxidation sites excluding steroid dienone is 3. The van der Waals surface area contributed by atoms with Crippen molar-refractivity contribution in [1.29, 1.82) is 0 Å². The summed E-state index contributed by atoms with van der Waals surface area (Å²) in [7, 11) is 0. The van der Waals surface area contributed by atoms with E-state index in [4.69, 9.17) is 14.4 Å². The van der Waals surface area contributed by atoms with Crippen LogP contribution < -0.4 is 10.6 Å². The molecule has 2 aromatic heterocycles. The van der Waals surface area contributed by atoms with Crippen LogP contribution in [0.4, 0.5) is 11.4 Å². The molecule has 2 aliphatic rings. The van der Waals surface area contributed by atoms with Gasteiger partial charge in [0.2, 0.25) is 5.89 Å². The lowest BCUT2D eigenvalue weighted by atomic mass is 10.1. The van der Waals surface area contributed by atoms with Crippen molar-refractivity contribution in [2.75, 3.05) is 11.9 Å². The van der Waals surface area contributed by atoms with E-state index in [2.05, 4.69) is 34.7 Å². The second kappa shape index (κ2) is 8.22. The normalized spacial score (nSPS) is 16.9. The van der Waals surface area contributed by atoms with Gasteiger partial charge >= 0.3 is 0 Å². The average Bonchev–Trinajstić information content (AvgIpc) is 3.18. The number of aryl methyl sites for hydroxylation is 2. The summed E-state index contributed by atoms with van der Waals surface area (Å²) in [5.74, 6) is 1.59. The number of fused-ring (bicyclic) bond motifs is 1. The molecule has 1 aliphatic carbocycles. The second-order valence-corrected chi connectivity index (χ2v) is 7.96. The zero-order valence-electron chi connectivity index (χ0n) is 17.8. The van der Waals surface area contributed by atoms with Crippen molar-refractivity contribution in [3.63, 3.8) is 0 Å². The van der Waals surface area contributed by atoms with Gasteiger partial charge in [0.25, 0.3) is 0 Å². The van der Waals surface area contributed by atoms with E-state index in [9.17, 15) is 0 Å². The highest BCUT2D eigenvalue weighted by Crippen LogP contribution is 2.30. The third-order valence-corrected chi connectivity index (χ3v) is 5.42. The fourth-order valence-corrected chi connectivity index (χ4v) is 3.86. The maximum atomic E-state index is 6.07. The Balaban J connectivity index is 1.34. The highest BCUT2D eigenvalue weighted by molar-refractivity contribution is 5.98. The average molecular weight is 412 g/mol. The van der Waals surface area contributed by atoms with Crippen LogP contribution in [0, 0.1) is 6.92 Å². The van der Waals surface area contributed by atoms with Crippen molar-refractivity contribution in [1.82, 2.24) is 15.3 Å². The first kappa shape index (κ1) is 19.3. The number of aromatic nitrogens is 2. The third-order valence-electron chi connectivity index (χ3n) is 5.42. The summed E-state index contributed by atoms with van der Waals surface area (Å²) in [6.45, 7) is 4.99. The molecule has 0 amide bonds. The molecule has 6 heteroatoms. The highest BCUT2D eigenvalue weighted by Gasteiger charge is 2.18. The van der Waals surface area contributed by atoms with Gasteiger partial charge in [-0.1, -0.05) is 0 Å². The van der Waals surface area contributed by atoms with E-state index in [1.165, 1.54) is 0 Å². The summed E-state index contributed by atoms with van der Waals surface area (Å²) in [5, 5.41) is 6.80. The molecule has 1 aliphatic heterocycles. The highest BCUT2D eigenvalue weighted by atomic mass is 16.4. The summed E-state index contributed by atoms with van der Waals surface area (Å²) in [4.78, 5) is 13.7. The molecular weight excluding hydrogens is 386 g/mol. The summed E-state index contributed by atoms with van der Waals surface area (Å²) < 4.78 is 6.07. The van der Waals surface area contributed by atoms with Gasteiger partial charge in [0.1, 0.15) is 11.5 Å². The van der Waals surface area contributed by atoms with E-state index in [1.807, 2.05) is 49.5 Å². The first-order valence-electron chi connectivity index (χ1n) is 10.6. The van der Waals surface area contributed by atoms with Crippen LogP contribution in [-0.4, -0.2) is 22.2 Å². The van der Waals surface area contributed by atoms with Crippen LogP contribution in [0.3, 0.4) is 0 Å². The van der Waals surface area contributed by atoms with Crippen LogP contribution in [0.15, 0.2) is 69.5 Å². The molecule has 0 spiro atoms. The van der Waals surface area contributed by atoms with E-state index < -0.39 is 0 Å². The zero-order chi connectivity index (χ0) is 21.2. The van der Waals surface area contributed by atoms with Gasteiger partial charge in [-0.05, 0) is 68.8 Å². The zero-order valence-corrected chi connectivity index (χ0v) is 17.8. The number of hydrogen-bond acceptors (Lipinski definition) is 6. The van der Waals surface area contributed by atoms with Gasteiger partial charge in [-0.15, -0.1) is 0 Å². The largest absolute Gasteiger partial charge is 0.441 e. The Morgan fingerprint density at radius 3 is 2.71 bits per heavy atom. The number of hydrogen-bond donors (Lipinski definition) is 2. The number of rotatable bonds is 4. The molecule has 31 heavy (non-hydrogen) atoms. The Labute approximate surface area is 181 Å². The van der Waals surface area contributed by atoms with E-state index >= 15 is 0 Å². The Bertz CT molecular complexity index is 1200. The number of aliphatic imine (C=N–C) groups is 1. The van der Waals surface area contributed by atoms with Crippen LogP contribution in [0.5, 0.6) is 0 Å². The molecular formula is C25H25N5O. The molecule has 0 fully saturated rings. The number of anilines is 1. The van der Waals surface area contributed by atoms with Crippen LogP contribution >= 0.6 is 0 Å². The van der Waals surface area contributed by atoms with E-state index in [0.717, 1.165) is 77.0 Å². The minimum absolute atomic E-state index is 0.652. The summed E-state index contributed by atoms with van der Waals surface area (Å²) >= 11 is 0. The molecule has 0 atom stereocenters. The predicted octanol–water partition coefficient (Wildman–Crippen LogP) is 5.41. The second-order valence-electron chi connectivity index (χ2n) is 7.96. The van der Waals surface area contributed by atoms with Crippen molar-refractivity contribution in [3.05, 3.63) is 77.2 Å². The van der Waals surface area contributed by atoms with Gasteiger partial charge in [0.05, 0.1) is 5.69 Å². The van der Waals surface area contributed by atoms with Gasteiger partial charge in [0, 0.05) is 59.6 Å². The lowest BCUT2D eigenvalue weighted by Crippen LogP contribution is -2.21. The predicted molar refractivity (Wildman–Crippen MR) is 124 cm³/mol. The minimum atomic E-state index is 0.652. The molecule has 6 nitrogen and oxygen atoms in total.